The molecule has 3 aromatic carbocycles. The first-order valence-electron chi connectivity index (χ1n) is 12.5. The third kappa shape index (κ3) is 4.45. The fraction of sp³-hybridized carbons (Fsp3) is 0.379. The molecule has 0 spiro atoms. The minimum absolute atomic E-state index is 0.114. The van der Waals surface area contributed by atoms with Gasteiger partial charge in [0.25, 0.3) is 5.56 Å². The zero-order chi connectivity index (χ0) is 23.5. The van der Waals surface area contributed by atoms with Gasteiger partial charge in [0.1, 0.15) is 0 Å². The normalized spacial score (nSPS) is 14.9. The first kappa shape index (κ1) is 22.6. The van der Waals surface area contributed by atoms with Gasteiger partial charge in [-0.05, 0) is 36.2 Å². The summed E-state index contributed by atoms with van der Waals surface area (Å²) in [5, 5.41) is 5.30. The summed E-state index contributed by atoms with van der Waals surface area (Å²) in [6, 6.07) is 20.7. The average molecular weight is 456 g/mol. The van der Waals surface area contributed by atoms with E-state index >= 15 is 0 Å². The Morgan fingerprint density at radius 1 is 0.706 bits per heavy atom. The molecule has 5 heteroatoms. The van der Waals surface area contributed by atoms with Crippen molar-refractivity contribution in [3.63, 3.8) is 0 Å². The topological polar surface area (TPSA) is 45.6 Å². The van der Waals surface area contributed by atoms with Gasteiger partial charge in [-0.25, -0.2) is 0 Å². The van der Waals surface area contributed by atoms with E-state index in [1.165, 1.54) is 5.39 Å². The third-order valence-corrected chi connectivity index (χ3v) is 7.29. The summed E-state index contributed by atoms with van der Waals surface area (Å²) in [4.78, 5) is 29.4. The standard InChI is InChI=1S/C29H33N3O2/c1-22(33)31-20-18-30(19-21-31)16-8-2-3-9-17-32-28-24-11-5-4-10-23(24)14-15-26(28)25-12-6-7-13-27(25)29(32)34/h4-7,10-15H,2-3,8-9,16-21H2,1H3. The summed E-state index contributed by atoms with van der Waals surface area (Å²) in [5.41, 5.74) is 1.17. The van der Waals surface area contributed by atoms with Crippen molar-refractivity contribution in [2.75, 3.05) is 32.7 Å². The third-order valence-electron chi connectivity index (χ3n) is 7.29. The van der Waals surface area contributed by atoms with Gasteiger partial charge in [-0.1, -0.05) is 67.4 Å². The largest absolute Gasteiger partial charge is 0.340 e. The average Bonchev–Trinajstić information content (AvgIpc) is 2.87. The number of piperazine rings is 1. The molecule has 0 bridgehead atoms. The van der Waals surface area contributed by atoms with Crippen LogP contribution in [0.15, 0.2) is 65.5 Å². The van der Waals surface area contributed by atoms with Gasteiger partial charge in [0.2, 0.25) is 5.91 Å². The number of fused-ring (bicyclic) bond motifs is 5. The lowest BCUT2D eigenvalue weighted by molar-refractivity contribution is -0.130. The molecule has 0 unspecified atom stereocenters. The van der Waals surface area contributed by atoms with Crippen LogP contribution in [0, 0.1) is 0 Å². The predicted molar refractivity (Wildman–Crippen MR) is 140 cm³/mol. The molecule has 176 valence electrons. The molecule has 0 aliphatic carbocycles. The van der Waals surface area contributed by atoms with E-state index in [2.05, 4.69) is 47.4 Å². The lowest BCUT2D eigenvalue weighted by atomic mass is 10.0. The Morgan fingerprint density at radius 3 is 2.09 bits per heavy atom. The molecule has 1 amide bonds. The Labute approximate surface area is 200 Å². The Hall–Kier alpha value is -3.18. The molecule has 1 fully saturated rings. The highest BCUT2D eigenvalue weighted by molar-refractivity contribution is 6.15. The number of aromatic nitrogens is 1. The minimum Gasteiger partial charge on any atom is -0.340 e. The highest BCUT2D eigenvalue weighted by Gasteiger charge is 2.18. The van der Waals surface area contributed by atoms with Crippen molar-refractivity contribution >= 4 is 38.4 Å². The molecule has 4 aromatic rings. The van der Waals surface area contributed by atoms with Gasteiger partial charge >= 0.3 is 0 Å². The Bertz CT molecular complexity index is 1380. The second-order valence-corrected chi connectivity index (χ2v) is 9.45. The number of hydrogen-bond donors (Lipinski definition) is 0. The Morgan fingerprint density at radius 2 is 1.35 bits per heavy atom. The quantitative estimate of drug-likeness (QED) is 0.290. The van der Waals surface area contributed by atoms with Crippen molar-refractivity contribution in [1.29, 1.82) is 0 Å². The first-order chi connectivity index (χ1) is 16.6. The van der Waals surface area contributed by atoms with Gasteiger partial charge in [-0.15, -0.1) is 0 Å². The van der Waals surface area contributed by atoms with Crippen LogP contribution >= 0.6 is 0 Å². The van der Waals surface area contributed by atoms with E-state index in [0.29, 0.717) is 0 Å². The number of nitrogens with zero attached hydrogens (tertiary/aromatic N) is 3. The summed E-state index contributed by atoms with van der Waals surface area (Å²) in [5.74, 6) is 0.184. The molecular weight excluding hydrogens is 422 g/mol. The maximum Gasteiger partial charge on any atom is 0.258 e. The van der Waals surface area contributed by atoms with Gasteiger partial charge in [0, 0.05) is 55.8 Å². The van der Waals surface area contributed by atoms with E-state index in [4.69, 9.17) is 0 Å². The molecular formula is C29H33N3O2. The molecule has 34 heavy (non-hydrogen) atoms. The van der Waals surface area contributed by atoms with Crippen molar-refractivity contribution in [3.8, 4) is 0 Å². The molecule has 0 N–H and O–H groups in total. The number of amides is 1. The number of carbonyl (C=O) groups is 1. The van der Waals surface area contributed by atoms with E-state index < -0.39 is 0 Å². The molecule has 1 saturated heterocycles. The zero-order valence-corrected chi connectivity index (χ0v) is 20.0. The van der Waals surface area contributed by atoms with Crippen molar-refractivity contribution in [3.05, 3.63) is 71.0 Å². The number of hydrogen-bond acceptors (Lipinski definition) is 3. The van der Waals surface area contributed by atoms with Gasteiger partial charge < -0.3 is 9.47 Å². The molecule has 1 aliphatic rings. The van der Waals surface area contributed by atoms with Gasteiger partial charge in [0.05, 0.1) is 5.52 Å². The van der Waals surface area contributed by atoms with Crippen LogP contribution < -0.4 is 5.56 Å². The summed E-state index contributed by atoms with van der Waals surface area (Å²) >= 11 is 0. The fourth-order valence-corrected chi connectivity index (χ4v) is 5.37. The van der Waals surface area contributed by atoms with Crippen LogP contribution in [0.25, 0.3) is 32.4 Å². The second kappa shape index (κ2) is 9.98. The number of rotatable bonds is 7. The fourth-order valence-electron chi connectivity index (χ4n) is 5.37. The van der Waals surface area contributed by atoms with E-state index in [1.807, 2.05) is 27.7 Å². The summed E-state index contributed by atoms with van der Waals surface area (Å²) in [6.45, 7) is 7.14. The predicted octanol–water partition coefficient (Wildman–Crippen LogP) is 5.03. The van der Waals surface area contributed by atoms with E-state index in [-0.39, 0.29) is 11.5 Å². The van der Waals surface area contributed by atoms with Crippen LogP contribution in [0.1, 0.15) is 32.6 Å². The molecule has 2 heterocycles. The molecule has 1 aliphatic heterocycles. The second-order valence-electron chi connectivity index (χ2n) is 9.45. The van der Waals surface area contributed by atoms with Crippen LogP contribution in [0.2, 0.25) is 0 Å². The maximum atomic E-state index is 13.5. The van der Waals surface area contributed by atoms with Crippen LogP contribution in [0.5, 0.6) is 0 Å². The smallest absolute Gasteiger partial charge is 0.258 e. The zero-order valence-electron chi connectivity index (χ0n) is 20.0. The summed E-state index contributed by atoms with van der Waals surface area (Å²) < 4.78 is 2.01. The first-order valence-corrected chi connectivity index (χ1v) is 12.5. The van der Waals surface area contributed by atoms with Crippen molar-refractivity contribution < 1.29 is 4.79 Å². The molecule has 0 atom stereocenters. The van der Waals surface area contributed by atoms with E-state index in [0.717, 1.165) is 92.0 Å². The van der Waals surface area contributed by atoms with Gasteiger partial charge in [0.15, 0.2) is 0 Å². The van der Waals surface area contributed by atoms with Crippen LogP contribution in [0.4, 0.5) is 0 Å². The number of unbranched alkanes of at least 4 members (excludes halogenated alkanes) is 3. The molecule has 5 rings (SSSR count). The number of aryl methyl sites for hydroxylation is 1. The summed E-state index contributed by atoms with van der Waals surface area (Å²) in [6.07, 6.45) is 4.43. The number of carbonyl (C=O) groups excluding carboxylic acids is 1. The molecule has 0 saturated carbocycles. The Balaban J connectivity index is 1.28. The minimum atomic E-state index is 0.114. The van der Waals surface area contributed by atoms with Crippen molar-refractivity contribution in [2.45, 2.75) is 39.2 Å². The van der Waals surface area contributed by atoms with Gasteiger partial charge in [-0.2, -0.15) is 0 Å². The molecule has 5 nitrogen and oxygen atoms in total. The van der Waals surface area contributed by atoms with Crippen molar-refractivity contribution in [1.82, 2.24) is 14.4 Å². The number of benzene rings is 3. The highest BCUT2D eigenvalue weighted by Crippen LogP contribution is 2.29. The van der Waals surface area contributed by atoms with Gasteiger partial charge in [-0.3, -0.25) is 14.5 Å². The van der Waals surface area contributed by atoms with Crippen LogP contribution in [-0.4, -0.2) is 53.0 Å². The molecule has 1 aromatic heterocycles. The highest BCUT2D eigenvalue weighted by atomic mass is 16.2. The van der Waals surface area contributed by atoms with Crippen molar-refractivity contribution in [2.24, 2.45) is 0 Å². The SMILES string of the molecule is CC(=O)N1CCN(CCCCCCn2c(=O)c3ccccc3c3ccc4ccccc4c32)CC1. The maximum absolute atomic E-state index is 13.5. The van der Waals surface area contributed by atoms with E-state index in [9.17, 15) is 9.59 Å². The van der Waals surface area contributed by atoms with Crippen LogP contribution in [-0.2, 0) is 11.3 Å². The van der Waals surface area contributed by atoms with Crippen LogP contribution in [0.3, 0.4) is 0 Å². The lowest BCUT2D eigenvalue weighted by Crippen LogP contribution is -2.48. The van der Waals surface area contributed by atoms with E-state index in [1.54, 1.807) is 6.92 Å². The molecule has 0 radical (unpaired) electrons. The number of pyridine rings is 1. The monoisotopic (exact) mass is 455 g/mol. The lowest BCUT2D eigenvalue weighted by Gasteiger charge is -2.34. The summed E-state index contributed by atoms with van der Waals surface area (Å²) in [7, 11) is 0. The Kier molecular flexibility index (Phi) is 6.63.